The number of nitrogens with zero attached hydrogens (tertiary/aromatic N) is 1. The number of amides is 2. The lowest BCUT2D eigenvalue weighted by Crippen LogP contribution is -2.21. The minimum Gasteiger partial charge on any atom is -0.490 e. The zero-order valence-corrected chi connectivity index (χ0v) is 21.2. The molecule has 0 unspecified atom stereocenters. The Morgan fingerprint density at radius 1 is 1.08 bits per heavy atom. The lowest BCUT2D eigenvalue weighted by Gasteiger charge is -2.15. The highest BCUT2D eigenvalue weighted by molar-refractivity contribution is 9.10. The summed E-state index contributed by atoms with van der Waals surface area (Å²) in [6.45, 7) is 3.75. The molecule has 0 aliphatic rings. The summed E-state index contributed by atoms with van der Waals surface area (Å²) in [6, 6.07) is 17.7. The Bertz CT molecular complexity index is 1330. The van der Waals surface area contributed by atoms with Crippen LogP contribution in [-0.2, 0) is 9.59 Å². The predicted octanol–water partition coefficient (Wildman–Crippen LogP) is 5.86. The smallest absolute Gasteiger partial charge is 0.266 e. The summed E-state index contributed by atoms with van der Waals surface area (Å²) in [5.74, 6) is -0.785. The molecule has 2 N–H and O–H groups in total. The van der Waals surface area contributed by atoms with Gasteiger partial charge in [0.2, 0.25) is 0 Å². The second-order valence-corrected chi connectivity index (χ2v) is 8.40. The van der Waals surface area contributed by atoms with E-state index in [-0.39, 0.29) is 18.1 Å². The number of aryl methyl sites for hydroxylation is 1. The third-order valence-electron chi connectivity index (χ3n) is 4.88. The van der Waals surface area contributed by atoms with Crippen LogP contribution in [0.4, 0.5) is 15.8 Å². The van der Waals surface area contributed by atoms with Crippen LogP contribution in [0, 0.1) is 24.1 Å². The van der Waals surface area contributed by atoms with Gasteiger partial charge < -0.3 is 20.1 Å². The van der Waals surface area contributed by atoms with E-state index in [0.29, 0.717) is 39.5 Å². The summed E-state index contributed by atoms with van der Waals surface area (Å²) in [5.41, 5.74) is 2.30. The molecule has 2 amide bonds. The lowest BCUT2D eigenvalue weighted by molar-refractivity contribution is -0.118. The van der Waals surface area contributed by atoms with E-state index in [2.05, 4.69) is 26.6 Å². The molecule has 0 fully saturated rings. The predicted molar refractivity (Wildman–Crippen MR) is 139 cm³/mol. The minimum atomic E-state index is -0.647. The SMILES string of the molecule is CCOc1cc(/C=C(\C#N)C(=O)Nc2ccc(F)cc2)cc(Br)c1OCC(=O)Nc1ccccc1C. The van der Waals surface area contributed by atoms with Crippen LogP contribution < -0.4 is 20.1 Å². The van der Waals surface area contributed by atoms with Crippen molar-refractivity contribution in [3.63, 3.8) is 0 Å². The summed E-state index contributed by atoms with van der Waals surface area (Å²) in [7, 11) is 0. The van der Waals surface area contributed by atoms with E-state index < -0.39 is 11.7 Å². The van der Waals surface area contributed by atoms with Crippen LogP contribution in [0.5, 0.6) is 11.5 Å². The average molecular weight is 552 g/mol. The highest BCUT2D eigenvalue weighted by Gasteiger charge is 2.16. The summed E-state index contributed by atoms with van der Waals surface area (Å²) in [4.78, 5) is 24.9. The molecule has 0 atom stereocenters. The number of anilines is 2. The maximum absolute atomic E-state index is 13.1. The zero-order chi connectivity index (χ0) is 26.1. The van der Waals surface area contributed by atoms with Gasteiger partial charge >= 0.3 is 0 Å². The first-order chi connectivity index (χ1) is 17.3. The van der Waals surface area contributed by atoms with E-state index in [9.17, 15) is 19.2 Å². The molecule has 3 aromatic rings. The van der Waals surface area contributed by atoms with Gasteiger partial charge in [-0.25, -0.2) is 4.39 Å². The molecular weight excluding hydrogens is 529 g/mol. The molecule has 0 saturated heterocycles. The average Bonchev–Trinajstić information content (AvgIpc) is 2.85. The van der Waals surface area contributed by atoms with Gasteiger partial charge in [0.15, 0.2) is 18.1 Å². The van der Waals surface area contributed by atoms with Gasteiger partial charge in [0.05, 0.1) is 11.1 Å². The van der Waals surface area contributed by atoms with Crippen molar-refractivity contribution in [2.45, 2.75) is 13.8 Å². The number of benzene rings is 3. The first-order valence-electron chi connectivity index (χ1n) is 10.9. The largest absolute Gasteiger partial charge is 0.490 e. The van der Waals surface area contributed by atoms with Gasteiger partial charge in [0.25, 0.3) is 11.8 Å². The number of nitrogens with one attached hydrogen (secondary N) is 2. The Balaban J connectivity index is 1.77. The number of nitriles is 1. The molecule has 9 heteroatoms. The van der Waals surface area contributed by atoms with Gasteiger partial charge in [-0.05, 0) is 89.4 Å². The highest BCUT2D eigenvalue weighted by Crippen LogP contribution is 2.37. The Hall–Kier alpha value is -4.16. The third-order valence-corrected chi connectivity index (χ3v) is 5.47. The van der Waals surface area contributed by atoms with E-state index in [4.69, 9.17) is 9.47 Å². The first-order valence-corrected chi connectivity index (χ1v) is 11.7. The monoisotopic (exact) mass is 551 g/mol. The normalized spacial score (nSPS) is 10.8. The van der Waals surface area contributed by atoms with Gasteiger partial charge in [0.1, 0.15) is 17.5 Å². The van der Waals surface area contributed by atoms with Crippen LogP contribution >= 0.6 is 15.9 Å². The van der Waals surface area contributed by atoms with Gasteiger partial charge in [-0.15, -0.1) is 0 Å². The molecule has 0 aromatic heterocycles. The molecule has 3 rings (SSSR count). The Labute approximate surface area is 216 Å². The lowest BCUT2D eigenvalue weighted by atomic mass is 10.1. The van der Waals surface area contributed by atoms with E-state index in [1.165, 1.54) is 30.3 Å². The standard InChI is InChI=1S/C27H23BrFN3O4/c1-3-35-24-14-18(12-19(15-30)27(34)31-21-10-8-20(29)9-11-21)13-22(28)26(24)36-16-25(33)32-23-7-5-4-6-17(23)2/h4-14H,3,16H2,1-2H3,(H,31,34)(H,32,33)/b19-12+. The van der Waals surface area contributed by atoms with Gasteiger partial charge in [0, 0.05) is 11.4 Å². The molecule has 0 saturated carbocycles. The maximum atomic E-state index is 13.1. The fourth-order valence-electron chi connectivity index (χ4n) is 3.16. The molecule has 3 aromatic carbocycles. The molecule has 0 spiro atoms. The first kappa shape index (κ1) is 26.4. The molecule has 0 heterocycles. The topological polar surface area (TPSA) is 100 Å². The van der Waals surface area contributed by atoms with Crippen LogP contribution in [0.1, 0.15) is 18.1 Å². The number of hydrogen-bond donors (Lipinski definition) is 2. The number of halogens is 2. The summed E-state index contributed by atoms with van der Waals surface area (Å²) >= 11 is 3.42. The fraction of sp³-hybridized carbons (Fsp3) is 0.148. The van der Waals surface area contributed by atoms with Crippen LogP contribution in [0.3, 0.4) is 0 Å². The maximum Gasteiger partial charge on any atom is 0.266 e. The fourth-order valence-corrected chi connectivity index (χ4v) is 3.73. The van der Waals surface area contributed by atoms with Crippen LogP contribution in [-0.4, -0.2) is 25.0 Å². The summed E-state index contributed by atoms with van der Waals surface area (Å²) in [5, 5.41) is 14.9. The molecule has 0 radical (unpaired) electrons. The summed E-state index contributed by atoms with van der Waals surface area (Å²) < 4.78 is 25.0. The van der Waals surface area contributed by atoms with E-state index in [1.54, 1.807) is 25.1 Å². The Kier molecular flexibility index (Phi) is 9.19. The van der Waals surface area contributed by atoms with Gasteiger partial charge in [-0.1, -0.05) is 18.2 Å². The summed E-state index contributed by atoms with van der Waals surface area (Å²) in [6.07, 6.45) is 1.39. The van der Waals surface area contributed by atoms with Gasteiger partial charge in [-0.3, -0.25) is 9.59 Å². The molecule has 184 valence electrons. The highest BCUT2D eigenvalue weighted by atomic mass is 79.9. The number of ether oxygens (including phenoxy) is 2. The van der Waals surface area contributed by atoms with Crippen molar-refractivity contribution in [2.75, 3.05) is 23.8 Å². The quantitative estimate of drug-likeness (QED) is 0.256. The number of hydrogen-bond acceptors (Lipinski definition) is 5. The molecule has 0 bridgehead atoms. The molecule has 36 heavy (non-hydrogen) atoms. The third kappa shape index (κ3) is 7.17. The van der Waals surface area contributed by atoms with Crippen molar-refractivity contribution in [1.29, 1.82) is 5.26 Å². The van der Waals surface area contributed by atoms with E-state index >= 15 is 0 Å². The molecule has 0 aliphatic heterocycles. The zero-order valence-electron chi connectivity index (χ0n) is 19.6. The second kappa shape index (κ2) is 12.5. The van der Waals surface area contributed by atoms with Crippen molar-refractivity contribution in [3.8, 4) is 17.6 Å². The number of carbonyl (C=O) groups is 2. The minimum absolute atomic E-state index is 0.167. The van der Waals surface area contributed by atoms with Crippen LogP contribution in [0.15, 0.2) is 70.7 Å². The van der Waals surface area contributed by atoms with E-state index in [1.807, 2.05) is 31.2 Å². The number of rotatable bonds is 9. The van der Waals surface area contributed by atoms with Crippen LogP contribution in [0.2, 0.25) is 0 Å². The Morgan fingerprint density at radius 2 is 1.81 bits per heavy atom. The Morgan fingerprint density at radius 3 is 2.47 bits per heavy atom. The molecule has 7 nitrogen and oxygen atoms in total. The van der Waals surface area contributed by atoms with Gasteiger partial charge in [-0.2, -0.15) is 5.26 Å². The second-order valence-electron chi connectivity index (χ2n) is 7.55. The van der Waals surface area contributed by atoms with Crippen molar-refractivity contribution >= 4 is 45.2 Å². The number of carbonyl (C=O) groups excluding carboxylic acids is 2. The van der Waals surface area contributed by atoms with Crippen molar-refractivity contribution in [3.05, 3.63) is 87.7 Å². The molecular formula is C27H23BrFN3O4. The van der Waals surface area contributed by atoms with E-state index in [0.717, 1.165) is 5.56 Å². The van der Waals surface area contributed by atoms with Crippen molar-refractivity contribution in [1.82, 2.24) is 0 Å². The molecule has 0 aliphatic carbocycles. The van der Waals surface area contributed by atoms with Crippen LogP contribution in [0.25, 0.3) is 6.08 Å². The van der Waals surface area contributed by atoms with Crippen molar-refractivity contribution in [2.24, 2.45) is 0 Å². The number of para-hydroxylation sites is 1. The van der Waals surface area contributed by atoms with Crippen molar-refractivity contribution < 1.29 is 23.5 Å².